The topological polar surface area (TPSA) is 69.1 Å². The van der Waals surface area contributed by atoms with Crippen LogP contribution in [0.4, 0.5) is 0 Å². The van der Waals surface area contributed by atoms with Crippen molar-refractivity contribution in [1.29, 1.82) is 0 Å². The summed E-state index contributed by atoms with van der Waals surface area (Å²) in [6.45, 7) is 3.98. The smallest absolute Gasteiger partial charge is 0.219 e. The molecule has 14 heavy (non-hydrogen) atoms. The number of amides is 1. The van der Waals surface area contributed by atoms with Gasteiger partial charge in [0.25, 0.3) is 0 Å². The van der Waals surface area contributed by atoms with Crippen LogP contribution in [-0.2, 0) is 4.79 Å². The largest absolute Gasteiger partial charge is 0.370 e. The average molecular weight is 192 g/mol. The first-order chi connectivity index (χ1) is 6.52. The summed E-state index contributed by atoms with van der Waals surface area (Å²) in [6, 6.07) is 5.67. The summed E-state index contributed by atoms with van der Waals surface area (Å²) < 4.78 is 0. The molecule has 0 aliphatic carbocycles. The molecule has 76 valence electrons. The van der Waals surface area contributed by atoms with E-state index in [9.17, 15) is 4.79 Å². The summed E-state index contributed by atoms with van der Waals surface area (Å²) in [6.07, 6.45) is 0.200. The number of primary amides is 1. The fourth-order valence-electron chi connectivity index (χ4n) is 1.73. The highest BCUT2D eigenvalue weighted by Gasteiger charge is 2.13. The zero-order chi connectivity index (χ0) is 10.7. The Morgan fingerprint density at radius 2 is 1.86 bits per heavy atom. The maximum Gasteiger partial charge on any atom is 0.219 e. The van der Waals surface area contributed by atoms with Crippen LogP contribution in [0.15, 0.2) is 18.2 Å². The quantitative estimate of drug-likeness (QED) is 0.755. The maximum atomic E-state index is 10.7. The van der Waals surface area contributed by atoms with Crippen LogP contribution in [-0.4, -0.2) is 5.91 Å². The van der Waals surface area contributed by atoms with Gasteiger partial charge in [0.15, 0.2) is 0 Å². The molecule has 1 atom stereocenters. The van der Waals surface area contributed by atoms with Crippen LogP contribution in [0, 0.1) is 13.8 Å². The summed E-state index contributed by atoms with van der Waals surface area (Å²) in [5, 5.41) is 0. The minimum absolute atomic E-state index is 0.200. The molecule has 0 bridgehead atoms. The Morgan fingerprint density at radius 1 is 1.36 bits per heavy atom. The van der Waals surface area contributed by atoms with Gasteiger partial charge in [0.05, 0.1) is 0 Å². The van der Waals surface area contributed by atoms with Gasteiger partial charge in [-0.05, 0) is 30.5 Å². The molecule has 1 aromatic carbocycles. The zero-order valence-electron chi connectivity index (χ0n) is 8.58. The second kappa shape index (κ2) is 4.24. The molecule has 0 aromatic heterocycles. The second-order valence-electron chi connectivity index (χ2n) is 3.58. The Bertz CT molecular complexity index is 327. The van der Waals surface area contributed by atoms with E-state index in [1.54, 1.807) is 0 Å². The minimum atomic E-state index is -0.361. The molecule has 1 aromatic rings. The molecule has 0 unspecified atom stereocenters. The van der Waals surface area contributed by atoms with Gasteiger partial charge in [-0.25, -0.2) is 0 Å². The van der Waals surface area contributed by atoms with Crippen molar-refractivity contribution in [2.24, 2.45) is 11.5 Å². The normalized spacial score (nSPS) is 12.5. The lowest BCUT2D eigenvalue weighted by Crippen LogP contribution is -2.22. The SMILES string of the molecule is Cc1cccc(C)c1[C@H](N)CC(N)=O. The van der Waals surface area contributed by atoms with E-state index in [1.807, 2.05) is 32.0 Å². The van der Waals surface area contributed by atoms with E-state index < -0.39 is 0 Å². The van der Waals surface area contributed by atoms with Crippen molar-refractivity contribution in [3.8, 4) is 0 Å². The second-order valence-corrected chi connectivity index (χ2v) is 3.58. The molecule has 0 aliphatic rings. The standard InChI is InChI=1S/C11H16N2O/c1-7-4-3-5-8(2)11(7)9(12)6-10(13)14/h3-5,9H,6,12H2,1-2H3,(H2,13,14)/t9-/m1/s1. The van der Waals surface area contributed by atoms with E-state index in [4.69, 9.17) is 11.5 Å². The van der Waals surface area contributed by atoms with Crippen molar-refractivity contribution in [3.63, 3.8) is 0 Å². The Labute approximate surface area is 84.1 Å². The molecule has 1 rings (SSSR count). The van der Waals surface area contributed by atoms with Gasteiger partial charge in [-0.3, -0.25) is 4.79 Å². The van der Waals surface area contributed by atoms with Crippen LogP contribution >= 0.6 is 0 Å². The van der Waals surface area contributed by atoms with Crippen LogP contribution < -0.4 is 11.5 Å². The molecule has 0 heterocycles. The van der Waals surface area contributed by atoms with E-state index in [-0.39, 0.29) is 18.4 Å². The van der Waals surface area contributed by atoms with Gasteiger partial charge in [-0.2, -0.15) is 0 Å². The van der Waals surface area contributed by atoms with Crippen molar-refractivity contribution in [2.75, 3.05) is 0 Å². The number of rotatable bonds is 3. The van der Waals surface area contributed by atoms with Gasteiger partial charge >= 0.3 is 0 Å². The summed E-state index contributed by atoms with van der Waals surface area (Å²) in [5.74, 6) is -0.361. The van der Waals surface area contributed by atoms with Crippen LogP contribution in [0.2, 0.25) is 0 Å². The van der Waals surface area contributed by atoms with E-state index >= 15 is 0 Å². The Kier molecular flexibility index (Phi) is 3.25. The predicted molar refractivity (Wildman–Crippen MR) is 56.7 cm³/mol. The molecule has 3 nitrogen and oxygen atoms in total. The number of nitrogens with two attached hydrogens (primary N) is 2. The predicted octanol–water partition coefficient (Wildman–Crippen LogP) is 1.18. The van der Waals surface area contributed by atoms with Gasteiger partial charge < -0.3 is 11.5 Å². The zero-order valence-corrected chi connectivity index (χ0v) is 8.58. The van der Waals surface area contributed by atoms with Crippen LogP contribution in [0.25, 0.3) is 0 Å². The number of aryl methyl sites for hydroxylation is 2. The highest BCUT2D eigenvalue weighted by atomic mass is 16.1. The first-order valence-electron chi connectivity index (χ1n) is 4.62. The molecule has 0 aliphatic heterocycles. The van der Waals surface area contributed by atoms with Crippen molar-refractivity contribution >= 4 is 5.91 Å². The highest BCUT2D eigenvalue weighted by molar-refractivity contribution is 5.74. The monoisotopic (exact) mass is 192 g/mol. The average Bonchev–Trinajstić information content (AvgIpc) is 2.01. The van der Waals surface area contributed by atoms with Crippen molar-refractivity contribution < 1.29 is 4.79 Å². The fourth-order valence-corrected chi connectivity index (χ4v) is 1.73. The maximum absolute atomic E-state index is 10.7. The number of hydrogen-bond acceptors (Lipinski definition) is 2. The fraction of sp³-hybridized carbons (Fsp3) is 0.364. The highest BCUT2D eigenvalue weighted by Crippen LogP contribution is 2.21. The third-order valence-corrected chi connectivity index (χ3v) is 2.33. The molecule has 3 heteroatoms. The lowest BCUT2D eigenvalue weighted by atomic mass is 9.95. The molecule has 0 saturated carbocycles. The van der Waals surface area contributed by atoms with E-state index in [0.29, 0.717) is 0 Å². The minimum Gasteiger partial charge on any atom is -0.370 e. The van der Waals surface area contributed by atoms with Gasteiger partial charge in [0, 0.05) is 12.5 Å². The Balaban J connectivity index is 2.99. The summed E-state index contributed by atoms with van der Waals surface area (Å²) in [4.78, 5) is 10.7. The lowest BCUT2D eigenvalue weighted by molar-refractivity contribution is -0.118. The van der Waals surface area contributed by atoms with Crippen molar-refractivity contribution in [3.05, 3.63) is 34.9 Å². The van der Waals surface area contributed by atoms with Gasteiger partial charge in [0.2, 0.25) is 5.91 Å². The third kappa shape index (κ3) is 2.33. The molecular weight excluding hydrogens is 176 g/mol. The van der Waals surface area contributed by atoms with Gasteiger partial charge in [-0.15, -0.1) is 0 Å². The first-order valence-corrected chi connectivity index (χ1v) is 4.62. The number of benzene rings is 1. The molecule has 0 spiro atoms. The Morgan fingerprint density at radius 3 is 2.29 bits per heavy atom. The first kappa shape index (κ1) is 10.7. The molecule has 0 radical (unpaired) electrons. The molecule has 0 saturated heterocycles. The van der Waals surface area contributed by atoms with Crippen LogP contribution in [0.1, 0.15) is 29.2 Å². The van der Waals surface area contributed by atoms with Crippen LogP contribution in [0.3, 0.4) is 0 Å². The van der Waals surface area contributed by atoms with Crippen molar-refractivity contribution in [2.45, 2.75) is 26.3 Å². The van der Waals surface area contributed by atoms with E-state index in [1.165, 1.54) is 0 Å². The summed E-state index contributed by atoms with van der Waals surface area (Å²) in [5.41, 5.74) is 14.3. The molecular formula is C11H16N2O. The number of hydrogen-bond donors (Lipinski definition) is 2. The number of carbonyl (C=O) groups is 1. The van der Waals surface area contributed by atoms with Gasteiger partial charge in [-0.1, -0.05) is 18.2 Å². The van der Waals surface area contributed by atoms with E-state index in [2.05, 4.69) is 0 Å². The summed E-state index contributed by atoms with van der Waals surface area (Å²) >= 11 is 0. The molecule has 4 N–H and O–H groups in total. The summed E-state index contributed by atoms with van der Waals surface area (Å²) in [7, 11) is 0. The lowest BCUT2D eigenvalue weighted by Gasteiger charge is -2.15. The van der Waals surface area contributed by atoms with Gasteiger partial charge in [0.1, 0.15) is 0 Å². The molecule has 0 fully saturated rings. The van der Waals surface area contributed by atoms with Crippen molar-refractivity contribution in [1.82, 2.24) is 0 Å². The Hall–Kier alpha value is -1.35. The number of carbonyl (C=O) groups excluding carboxylic acids is 1. The third-order valence-electron chi connectivity index (χ3n) is 2.33. The molecule has 1 amide bonds. The van der Waals surface area contributed by atoms with Crippen LogP contribution in [0.5, 0.6) is 0 Å². The van der Waals surface area contributed by atoms with E-state index in [0.717, 1.165) is 16.7 Å².